The van der Waals surface area contributed by atoms with E-state index in [1.165, 1.54) is 22.3 Å². The van der Waals surface area contributed by atoms with Crippen molar-refractivity contribution in [2.45, 2.75) is 63.5 Å². The third-order valence-corrected chi connectivity index (χ3v) is 7.42. The standard InChI is InChI=1S/C28H29NO3/c1-2-3-15-27(30)19-16-20-9-8-10-21(17-19)29(20)28(31)32-18-26-24-13-6-4-11-22(24)23-12-5-7-14-25(23)26/h4-7,11-14,19-21,26H,8-10,15-18H2,1H3. The zero-order valence-electron chi connectivity index (χ0n) is 18.5. The van der Waals surface area contributed by atoms with Gasteiger partial charge in [0.05, 0.1) is 6.42 Å². The molecule has 2 saturated heterocycles. The second-order valence-corrected chi connectivity index (χ2v) is 9.19. The molecule has 164 valence electrons. The van der Waals surface area contributed by atoms with E-state index in [0.29, 0.717) is 13.0 Å². The van der Waals surface area contributed by atoms with Crippen LogP contribution in [0.25, 0.3) is 11.1 Å². The molecule has 2 fully saturated rings. The van der Waals surface area contributed by atoms with E-state index in [1.54, 1.807) is 6.92 Å². The molecule has 0 N–H and O–H groups in total. The van der Waals surface area contributed by atoms with E-state index in [-0.39, 0.29) is 35.8 Å². The molecule has 1 amide bonds. The van der Waals surface area contributed by atoms with E-state index in [4.69, 9.17) is 4.74 Å². The Morgan fingerprint density at radius 3 is 2.16 bits per heavy atom. The maximum Gasteiger partial charge on any atom is 0.410 e. The van der Waals surface area contributed by atoms with E-state index < -0.39 is 0 Å². The minimum absolute atomic E-state index is 0.0174. The highest BCUT2D eigenvalue weighted by molar-refractivity contribution is 5.84. The molecular weight excluding hydrogens is 398 g/mol. The predicted molar refractivity (Wildman–Crippen MR) is 124 cm³/mol. The van der Waals surface area contributed by atoms with Gasteiger partial charge in [-0.3, -0.25) is 4.79 Å². The average Bonchev–Trinajstić information content (AvgIpc) is 3.14. The van der Waals surface area contributed by atoms with Crippen LogP contribution in [0.1, 0.15) is 62.5 Å². The first kappa shape index (κ1) is 20.8. The molecule has 0 saturated carbocycles. The molecule has 2 atom stereocenters. The van der Waals surface area contributed by atoms with Crippen LogP contribution >= 0.6 is 0 Å². The third-order valence-electron chi connectivity index (χ3n) is 7.42. The maximum atomic E-state index is 13.2. The smallest absolute Gasteiger partial charge is 0.410 e. The van der Waals surface area contributed by atoms with Gasteiger partial charge in [0.25, 0.3) is 0 Å². The van der Waals surface area contributed by atoms with Gasteiger partial charge in [0.15, 0.2) is 0 Å². The number of ether oxygens (including phenoxy) is 1. The van der Waals surface area contributed by atoms with Crippen molar-refractivity contribution >= 4 is 11.9 Å². The Hall–Kier alpha value is -3.06. The van der Waals surface area contributed by atoms with Crippen molar-refractivity contribution in [1.29, 1.82) is 0 Å². The summed E-state index contributed by atoms with van der Waals surface area (Å²) in [5, 5.41) is 0. The van der Waals surface area contributed by atoms with Crippen molar-refractivity contribution in [2.24, 2.45) is 5.92 Å². The summed E-state index contributed by atoms with van der Waals surface area (Å²) in [4.78, 5) is 27.7. The average molecular weight is 428 g/mol. The Balaban J connectivity index is 1.29. The molecule has 0 spiro atoms. The highest BCUT2D eigenvalue weighted by atomic mass is 16.6. The Morgan fingerprint density at radius 1 is 0.969 bits per heavy atom. The lowest BCUT2D eigenvalue weighted by Gasteiger charge is -2.47. The Labute approximate surface area is 190 Å². The van der Waals surface area contributed by atoms with Gasteiger partial charge in [0.1, 0.15) is 12.4 Å². The van der Waals surface area contributed by atoms with Gasteiger partial charge < -0.3 is 9.64 Å². The van der Waals surface area contributed by atoms with Crippen molar-refractivity contribution in [3.8, 4) is 23.0 Å². The van der Waals surface area contributed by atoms with Crippen LogP contribution in [-0.4, -0.2) is 35.5 Å². The summed E-state index contributed by atoms with van der Waals surface area (Å²) in [6.45, 7) is 2.11. The van der Waals surface area contributed by atoms with Crippen molar-refractivity contribution < 1.29 is 14.3 Å². The molecule has 32 heavy (non-hydrogen) atoms. The summed E-state index contributed by atoms with van der Waals surface area (Å²) in [6.07, 6.45) is 4.59. The van der Waals surface area contributed by atoms with E-state index in [1.807, 2.05) is 4.90 Å². The predicted octanol–water partition coefficient (Wildman–Crippen LogP) is 5.55. The number of nitrogens with zero attached hydrogens (tertiary/aromatic N) is 1. The molecule has 2 heterocycles. The lowest BCUT2D eigenvalue weighted by Crippen LogP contribution is -2.55. The number of Topliss-reactive ketones (excluding diaryl/α,β-unsaturated/α-hetero) is 1. The van der Waals surface area contributed by atoms with E-state index in [9.17, 15) is 9.59 Å². The monoisotopic (exact) mass is 427 g/mol. The van der Waals surface area contributed by atoms with Gasteiger partial charge in [-0.15, -0.1) is 5.92 Å². The first-order valence-electron chi connectivity index (χ1n) is 11.7. The maximum absolute atomic E-state index is 13.2. The summed E-state index contributed by atoms with van der Waals surface area (Å²) in [6, 6.07) is 17.0. The number of rotatable bonds is 4. The molecule has 2 aromatic rings. The molecular formula is C28H29NO3. The fourth-order valence-corrected chi connectivity index (χ4v) is 5.93. The second kappa shape index (κ2) is 8.82. The third kappa shape index (κ3) is 3.71. The Bertz CT molecular complexity index is 1040. The quantitative estimate of drug-likeness (QED) is 0.601. The van der Waals surface area contributed by atoms with Gasteiger partial charge in [-0.1, -0.05) is 54.5 Å². The van der Waals surface area contributed by atoms with E-state index in [0.717, 1.165) is 32.1 Å². The summed E-state index contributed by atoms with van der Waals surface area (Å²) in [5.41, 5.74) is 4.91. The first-order valence-corrected chi connectivity index (χ1v) is 11.7. The van der Waals surface area contributed by atoms with Crippen LogP contribution in [0.4, 0.5) is 4.79 Å². The fraction of sp³-hybridized carbons (Fsp3) is 0.429. The summed E-state index contributed by atoms with van der Waals surface area (Å²) >= 11 is 0. The van der Waals surface area contributed by atoms with Crippen LogP contribution in [0.5, 0.6) is 0 Å². The molecule has 0 radical (unpaired) electrons. The number of fused-ring (bicyclic) bond motifs is 5. The van der Waals surface area contributed by atoms with Crippen LogP contribution in [0.3, 0.4) is 0 Å². The van der Waals surface area contributed by atoms with E-state index in [2.05, 4.69) is 60.4 Å². The normalized spacial score (nSPS) is 23.5. The van der Waals surface area contributed by atoms with E-state index >= 15 is 0 Å². The van der Waals surface area contributed by atoms with Crippen LogP contribution in [0.2, 0.25) is 0 Å². The van der Waals surface area contributed by atoms with Crippen molar-refractivity contribution in [1.82, 2.24) is 4.90 Å². The van der Waals surface area contributed by atoms with Crippen LogP contribution in [0.15, 0.2) is 48.5 Å². The summed E-state index contributed by atoms with van der Waals surface area (Å²) in [5.74, 6) is 6.04. The van der Waals surface area contributed by atoms with Gasteiger partial charge in [0.2, 0.25) is 0 Å². The number of amides is 1. The number of hydrogen-bond donors (Lipinski definition) is 0. The minimum atomic E-state index is -0.221. The van der Waals surface area contributed by atoms with Crippen LogP contribution < -0.4 is 0 Å². The molecule has 5 rings (SSSR count). The van der Waals surface area contributed by atoms with Gasteiger partial charge in [-0.2, -0.15) is 0 Å². The molecule has 4 nitrogen and oxygen atoms in total. The minimum Gasteiger partial charge on any atom is -0.448 e. The van der Waals surface area contributed by atoms with Gasteiger partial charge in [-0.25, -0.2) is 4.79 Å². The fourth-order valence-electron chi connectivity index (χ4n) is 5.93. The number of benzene rings is 2. The first-order chi connectivity index (χ1) is 15.7. The Morgan fingerprint density at radius 2 is 1.56 bits per heavy atom. The van der Waals surface area contributed by atoms with Gasteiger partial charge in [0, 0.05) is 23.9 Å². The van der Waals surface area contributed by atoms with Gasteiger partial charge >= 0.3 is 6.09 Å². The molecule has 2 aliphatic heterocycles. The van der Waals surface area contributed by atoms with Crippen molar-refractivity contribution in [2.75, 3.05) is 6.61 Å². The zero-order chi connectivity index (χ0) is 22.1. The number of hydrogen-bond acceptors (Lipinski definition) is 3. The highest BCUT2D eigenvalue weighted by Crippen LogP contribution is 2.45. The van der Waals surface area contributed by atoms with Crippen LogP contribution in [0, 0.1) is 17.8 Å². The molecule has 0 aromatic heterocycles. The molecule has 4 heteroatoms. The van der Waals surface area contributed by atoms with Crippen LogP contribution in [-0.2, 0) is 9.53 Å². The second-order valence-electron chi connectivity index (χ2n) is 9.19. The summed E-state index contributed by atoms with van der Waals surface area (Å²) < 4.78 is 5.96. The largest absolute Gasteiger partial charge is 0.448 e. The lowest BCUT2D eigenvalue weighted by molar-refractivity contribution is -0.125. The van der Waals surface area contributed by atoms with Gasteiger partial charge in [-0.05, 0) is 61.3 Å². The molecule has 1 aliphatic carbocycles. The SMILES string of the molecule is CC#CCC(=O)C1CC2CCCC(C1)N2C(=O)OCC1c2ccccc2-c2ccccc21. The topological polar surface area (TPSA) is 46.6 Å². The number of carbonyl (C=O) groups excluding carboxylic acids is 2. The number of ketones is 1. The highest BCUT2D eigenvalue weighted by Gasteiger charge is 2.43. The molecule has 2 aromatic carbocycles. The number of carbonyl (C=O) groups is 2. The molecule has 2 unspecified atom stereocenters. The zero-order valence-corrected chi connectivity index (χ0v) is 18.5. The molecule has 2 bridgehead atoms. The van der Waals surface area contributed by atoms with Crippen molar-refractivity contribution in [3.05, 3.63) is 59.7 Å². The Kier molecular flexibility index (Phi) is 5.74. The summed E-state index contributed by atoms with van der Waals surface area (Å²) in [7, 11) is 0. The lowest BCUT2D eigenvalue weighted by atomic mass is 9.76. The number of piperidine rings is 2. The molecule has 3 aliphatic rings. The van der Waals surface area contributed by atoms with Crippen molar-refractivity contribution in [3.63, 3.8) is 0 Å².